The molecule has 0 saturated heterocycles. The topological polar surface area (TPSA) is 74.9 Å². The average Bonchev–Trinajstić information content (AvgIpc) is 3.04. The summed E-state index contributed by atoms with van der Waals surface area (Å²) in [6.45, 7) is 3.77. The van der Waals surface area contributed by atoms with E-state index in [4.69, 9.17) is 20.0 Å². The largest absolute Gasteiger partial charge is 0.453 e. The summed E-state index contributed by atoms with van der Waals surface area (Å²) in [5.74, 6) is 1.77. The molecular weight excluding hydrogens is 430 g/mol. The van der Waals surface area contributed by atoms with Crippen molar-refractivity contribution in [1.29, 1.82) is 5.26 Å². The van der Waals surface area contributed by atoms with E-state index < -0.39 is 0 Å². The molecule has 3 aromatic rings. The van der Waals surface area contributed by atoms with Crippen molar-refractivity contribution in [2.24, 2.45) is 5.92 Å². The van der Waals surface area contributed by atoms with E-state index >= 15 is 0 Å². The molecule has 0 spiro atoms. The van der Waals surface area contributed by atoms with E-state index in [1.54, 1.807) is 0 Å². The van der Waals surface area contributed by atoms with Crippen LogP contribution in [0.2, 0.25) is 0 Å². The normalized spacial score (nSPS) is 15.5. The summed E-state index contributed by atoms with van der Waals surface area (Å²) in [7, 11) is 0. The van der Waals surface area contributed by atoms with Crippen LogP contribution in [0, 0.1) is 17.2 Å². The van der Waals surface area contributed by atoms with Gasteiger partial charge in [-0.25, -0.2) is 0 Å². The molecular formula is C26H31N5OS. The number of pyridine rings is 1. The SMILES string of the molecule is CCN(CCCC#N)c1nc(OCS)nc2c1CCC(Cc1cncc3ccccc13)CC2. The number of ether oxygens (including phenoxy) is 1. The van der Waals surface area contributed by atoms with Crippen LogP contribution in [0.4, 0.5) is 5.82 Å². The molecule has 6 nitrogen and oxygen atoms in total. The fourth-order valence-corrected chi connectivity index (χ4v) is 4.91. The molecule has 4 rings (SSSR count). The number of benzene rings is 1. The van der Waals surface area contributed by atoms with Crippen LogP contribution < -0.4 is 9.64 Å². The van der Waals surface area contributed by atoms with Crippen molar-refractivity contribution in [3.63, 3.8) is 0 Å². The molecule has 0 bridgehead atoms. The molecule has 2 aromatic heterocycles. The van der Waals surface area contributed by atoms with Gasteiger partial charge >= 0.3 is 6.01 Å². The first-order chi connectivity index (χ1) is 16.2. The minimum atomic E-state index is 0.246. The van der Waals surface area contributed by atoms with Gasteiger partial charge in [-0.2, -0.15) is 15.2 Å². The maximum absolute atomic E-state index is 8.96. The molecule has 0 aliphatic heterocycles. The van der Waals surface area contributed by atoms with Gasteiger partial charge in [0.15, 0.2) is 0 Å². The van der Waals surface area contributed by atoms with Crippen molar-refractivity contribution in [3.8, 4) is 12.1 Å². The van der Waals surface area contributed by atoms with Gasteiger partial charge in [0.1, 0.15) is 11.8 Å². The number of thiol groups is 1. The van der Waals surface area contributed by atoms with Crippen molar-refractivity contribution in [2.75, 3.05) is 23.9 Å². The van der Waals surface area contributed by atoms with E-state index in [9.17, 15) is 0 Å². The Morgan fingerprint density at radius 1 is 1.18 bits per heavy atom. The van der Waals surface area contributed by atoms with Gasteiger partial charge in [0.2, 0.25) is 0 Å². The molecule has 0 radical (unpaired) electrons. The second-order valence-electron chi connectivity index (χ2n) is 8.54. The monoisotopic (exact) mass is 461 g/mol. The highest BCUT2D eigenvalue weighted by Crippen LogP contribution is 2.33. The molecule has 1 atom stereocenters. The van der Waals surface area contributed by atoms with E-state index in [1.807, 2.05) is 12.4 Å². The van der Waals surface area contributed by atoms with Gasteiger partial charge in [-0.05, 0) is 62.3 Å². The molecule has 0 saturated carbocycles. The third-order valence-corrected chi connectivity index (χ3v) is 6.62. The Hall–Kier alpha value is -2.85. The van der Waals surface area contributed by atoms with Crippen LogP contribution in [-0.2, 0) is 19.3 Å². The van der Waals surface area contributed by atoms with Crippen LogP contribution in [-0.4, -0.2) is 34.0 Å². The molecule has 33 heavy (non-hydrogen) atoms. The van der Waals surface area contributed by atoms with Gasteiger partial charge in [-0.1, -0.05) is 24.3 Å². The van der Waals surface area contributed by atoms with Crippen LogP contribution in [0.3, 0.4) is 0 Å². The minimum Gasteiger partial charge on any atom is -0.453 e. The summed E-state index contributed by atoms with van der Waals surface area (Å²) in [4.78, 5) is 16.3. The van der Waals surface area contributed by atoms with Crippen molar-refractivity contribution in [3.05, 3.63) is 53.5 Å². The number of nitrogens with zero attached hydrogens (tertiary/aromatic N) is 5. The molecule has 172 valence electrons. The summed E-state index contributed by atoms with van der Waals surface area (Å²) < 4.78 is 5.60. The van der Waals surface area contributed by atoms with Gasteiger partial charge < -0.3 is 9.64 Å². The summed E-state index contributed by atoms with van der Waals surface area (Å²) >= 11 is 4.20. The minimum absolute atomic E-state index is 0.246. The Bertz CT molecular complexity index is 1120. The number of fused-ring (bicyclic) bond motifs is 2. The number of unbranched alkanes of at least 4 members (excludes halogenated alkanes) is 1. The Morgan fingerprint density at radius 3 is 2.85 bits per heavy atom. The number of hydrogen-bond acceptors (Lipinski definition) is 7. The molecule has 1 aromatic carbocycles. The molecule has 1 aliphatic rings. The summed E-state index contributed by atoms with van der Waals surface area (Å²) in [5, 5.41) is 11.5. The van der Waals surface area contributed by atoms with Gasteiger partial charge in [0.05, 0.1) is 11.8 Å². The Kier molecular flexibility index (Phi) is 8.01. The van der Waals surface area contributed by atoms with Crippen molar-refractivity contribution < 1.29 is 4.74 Å². The first-order valence-electron chi connectivity index (χ1n) is 11.8. The average molecular weight is 462 g/mol. The number of aromatic nitrogens is 3. The van der Waals surface area contributed by atoms with E-state index in [2.05, 4.69) is 59.8 Å². The van der Waals surface area contributed by atoms with Crippen LogP contribution >= 0.6 is 12.6 Å². The summed E-state index contributed by atoms with van der Waals surface area (Å²) in [5.41, 5.74) is 3.65. The zero-order valence-corrected chi connectivity index (χ0v) is 20.1. The maximum atomic E-state index is 8.96. The van der Waals surface area contributed by atoms with E-state index in [-0.39, 0.29) is 5.94 Å². The van der Waals surface area contributed by atoms with E-state index in [0.29, 0.717) is 18.3 Å². The van der Waals surface area contributed by atoms with Crippen LogP contribution in [0.5, 0.6) is 6.01 Å². The van der Waals surface area contributed by atoms with Crippen molar-refractivity contribution >= 4 is 29.2 Å². The second kappa shape index (κ2) is 11.3. The lowest BCUT2D eigenvalue weighted by Crippen LogP contribution is -2.27. The third-order valence-electron chi connectivity index (χ3n) is 6.49. The predicted octanol–water partition coefficient (Wildman–Crippen LogP) is 5.16. The van der Waals surface area contributed by atoms with E-state index in [1.165, 1.54) is 21.9 Å². The zero-order chi connectivity index (χ0) is 23.0. The fourth-order valence-electron chi connectivity index (χ4n) is 4.80. The number of nitriles is 1. The number of anilines is 1. The Balaban J connectivity index is 1.58. The van der Waals surface area contributed by atoms with Gasteiger partial charge in [0.25, 0.3) is 0 Å². The number of aryl methyl sites for hydroxylation is 1. The summed E-state index contributed by atoms with van der Waals surface area (Å²) in [6.07, 6.45) is 10.4. The fraction of sp³-hybridized carbons (Fsp3) is 0.462. The van der Waals surface area contributed by atoms with Crippen molar-refractivity contribution in [1.82, 2.24) is 15.0 Å². The lowest BCUT2D eigenvalue weighted by atomic mass is 9.91. The standard InChI is InChI=1S/C26H31N5OS/c1-2-31(14-6-5-13-27)25-23-11-9-19(10-12-24(23)29-26(30-25)32-18-33)15-21-17-28-16-20-7-3-4-8-22(20)21/h3-4,7-8,16-17,19,33H,2,5-6,9-12,14-15,18H2,1H3. The zero-order valence-electron chi connectivity index (χ0n) is 19.2. The Labute approximate surface area is 201 Å². The number of rotatable bonds is 9. The Morgan fingerprint density at radius 2 is 2.03 bits per heavy atom. The van der Waals surface area contributed by atoms with Crippen LogP contribution in [0.15, 0.2) is 36.7 Å². The smallest absolute Gasteiger partial charge is 0.319 e. The lowest BCUT2D eigenvalue weighted by molar-refractivity contribution is 0.359. The van der Waals surface area contributed by atoms with Crippen LogP contribution in [0.25, 0.3) is 10.8 Å². The highest BCUT2D eigenvalue weighted by atomic mass is 32.1. The van der Waals surface area contributed by atoms with Crippen LogP contribution in [0.1, 0.15) is 49.4 Å². The molecule has 1 unspecified atom stereocenters. The third kappa shape index (κ3) is 5.56. The van der Waals surface area contributed by atoms with E-state index in [0.717, 1.165) is 63.1 Å². The summed E-state index contributed by atoms with van der Waals surface area (Å²) in [6, 6.07) is 11.1. The molecule has 0 N–H and O–H groups in total. The van der Waals surface area contributed by atoms with Gasteiger partial charge in [0, 0.05) is 42.9 Å². The lowest BCUT2D eigenvalue weighted by Gasteiger charge is -2.25. The first kappa shape index (κ1) is 23.3. The molecule has 2 heterocycles. The maximum Gasteiger partial charge on any atom is 0.319 e. The van der Waals surface area contributed by atoms with Gasteiger partial charge in [-0.15, -0.1) is 12.6 Å². The highest BCUT2D eigenvalue weighted by Gasteiger charge is 2.25. The molecule has 0 fully saturated rings. The predicted molar refractivity (Wildman–Crippen MR) is 135 cm³/mol. The molecule has 7 heteroatoms. The highest BCUT2D eigenvalue weighted by molar-refractivity contribution is 7.80. The first-order valence-corrected chi connectivity index (χ1v) is 12.4. The second-order valence-corrected chi connectivity index (χ2v) is 8.80. The molecule has 0 amide bonds. The quantitative estimate of drug-likeness (QED) is 0.205. The van der Waals surface area contributed by atoms with Gasteiger partial charge in [-0.3, -0.25) is 4.98 Å². The number of hydrogen-bond donors (Lipinski definition) is 1. The van der Waals surface area contributed by atoms with Crippen molar-refractivity contribution in [2.45, 2.75) is 51.9 Å². The molecule has 1 aliphatic carbocycles.